The third-order valence-corrected chi connectivity index (χ3v) is 5.89. The Hall–Kier alpha value is -4.28. The monoisotopic (exact) mass is 481 g/mol. The molecule has 0 saturated carbocycles. The smallest absolute Gasteiger partial charge is 0.349 e. The zero-order valence-electron chi connectivity index (χ0n) is 18.2. The topological polar surface area (TPSA) is 96.7 Å². The van der Waals surface area contributed by atoms with Gasteiger partial charge in [0.05, 0.1) is 12.1 Å². The van der Waals surface area contributed by atoms with Crippen LogP contribution in [-0.4, -0.2) is 43.8 Å². The summed E-state index contributed by atoms with van der Waals surface area (Å²) in [5.41, 5.74) is 0.253. The minimum atomic E-state index is -4.52. The maximum Gasteiger partial charge on any atom is 0.417 e. The molecule has 1 aliphatic heterocycles. The fourth-order valence-corrected chi connectivity index (χ4v) is 4.17. The standard InChI is InChI=1S/C24H18F3N5O3/c25-24(26,27)15-9-10-18-29-30-19(32(18)13-15)12-28-20(33)8-3-11-31-22(34)16-6-1-4-14-5-2-7-17(21(14)16)23(31)35/h1-2,4-7,9-10,13H,3,8,11-12H2,(H,28,33). The van der Waals surface area contributed by atoms with E-state index < -0.39 is 29.5 Å². The molecular weight excluding hydrogens is 463 g/mol. The van der Waals surface area contributed by atoms with Crippen LogP contribution in [0.2, 0.25) is 0 Å². The molecule has 2 aromatic heterocycles. The Kier molecular flexibility index (Phi) is 5.46. The summed E-state index contributed by atoms with van der Waals surface area (Å²) >= 11 is 0. The van der Waals surface area contributed by atoms with Gasteiger partial charge in [0.15, 0.2) is 11.5 Å². The number of nitrogens with one attached hydrogen (secondary N) is 1. The van der Waals surface area contributed by atoms with Crippen LogP contribution in [0.4, 0.5) is 13.2 Å². The quantitative estimate of drug-likeness (QED) is 0.425. The van der Waals surface area contributed by atoms with E-state index in [0.29, 0.717) is 16.5 Å². The number of halogens is 3. The number of amides is 3. The van der Waals surface area contributed by atoms with E-state index in [1.54, 1.807) is 24.3 Å². The lowest BCUT2D eigenvalue weighted by atomic mass is 9.94. The zero-order valence-corrected chi connectivity index (χ0v) is 18.2. The fraction of sp³-hybridized carbons (Fsp3) is 0.208. The molecule has 2 aromatic carbocycles. The molecule has 0 aliphatic carbocycles. The summed E-state index contributed by atoms with van der Waals surface area (Å²) in [6, 6.07) is 12.7. The maximum atomic E-state index is 13.0. The lowest BCUT2D eigenvalue weighted by Gasteiger charge is -2.27. The number of carbonyl (C=O) groups excluding carboxylic acids is 3. The molecule has 0 radical (unpaired) electrons. The Morgan fingerprint density at radius 1 is 0.943 bits per heavy atom. The van der Waals surface area contributed by atoms with Crippen molar-refractivity contribution in [2.75, 3.05) is 6.54 Å². The molecule has 1 aliphatic rings. The van der Waals surface area contributed by atoms with Gasteiger partial charge in [0, 0.05) is 35.7 Å². The lowest BCUT2D eigenvalue weighted by molar-refractivity contribution is -0.137. The van der Waals surface area contributed by atoms with Gasteiger partial charge in [-0.25, -0.2) is 0 Å². The summed E-state index contributed by atoms with van der Waals surface area (Å²) in [4.78, 5) is 39.3. The molecule has 8 nitrogen and oxygen atoms in total. The number of nitrogens with zero attached hydrogens (tertiary/aromatic N) is 4. The second kappa shape index (κ2) is 8.49. The largest absolute Gasteiger partial charge is 0.417 e. The van der Waals surface area contributed by atoms with Gasteiger partial charge in [0.2, 0.25) is 5.91 Å². The van der Waals surface area contributed by atoms with Crippen molar-refractivity contribution in [2.45, 2.75) is 25.6 Å². The Labute approximate surface area is 196 Å². The van der Waals surface area contributed by atoms with Crippen molar-refractivity contribution in [3.05, 3.63) is 77.2 Å². The molecule has 3 amide bonds. The van der Waals surface area contributed by atoms with Crippen LogP contribution in [0.3, 0.4) is 0 Å². The summed E-state index contributed by atoms with van der Waals surface area (Å²) in [6.07, 6.45) is -3.41. The number of imide groups is 1. The third-order valence-electron chi connectivity index (χ3n) is 5.89. The van der Waals surface area contributed by atoms with Crippen LogP contribution in [0.1, 0.15) is 44.9 Å². The Bertz CT molecular complexity index is 1440. The summed E-state index contributed by atoms with van der Waals surface area (Å²) < 4.78 is 40.1. The van der Waals surface area contributed by atoms with Gasteiger partial charge < -0.3 is 5.32 Å². The van der Waals surface area contributed by atoms with Crippen molar-refractivity contribution >= 4 is 34.1 Å². The molecule has 178 valence electrons. The molecule has 0 bridgehead atoms. The molecule has 4 aromatic rings. The van der Waals surface area contributed by atoms with E-state index in [9.17, 15) is 27.6 Å². The highest BCUT2D eigenvalue weighted by Gasteiger charge is 2.33. The Morgan fingerprint density at radius 2 is 1.63 bits per heavy atom. The highest BCUT2D eigenvalue weighted by molar-refractivity contribution is 6.25. The average molecular weight is 481 g/mol. The Balaban J connectivity index is 1.20. The van der Waals surface area contributed by atoms with Crippen LogP contribution >= 0.6 is 0 Å². The molecular formula is C24H18F3N5O3. The molecule has 11 heteroatoms. The lowest BCUT2D eigenvalue weighted by Crippen LogP contribution is -2.41. The summed E-state index contributed by atoms with van der Waals surface area (Å²) in [6.45, 7) is -0.0725. The number of rotatable bonds is 6. The van der Waals surface area contributed by atoms with Crippen LogP contribution in [0.25, 0.3) is 16.4 Å². The first-order valence-electron chi connectivity index (χ1n) is 10.8. The third kappa shape index (κ3) is 4.09. The predicted octanol–water partition coefficient (Wildman–Crippen LogP) is 3.59. The number of hydrogen-bond acceptors (Lipinski definition) is 5. The minimum Gasteiger partial charge on any atom is -0.349 e. The zero-order chi connectivity index (χ0) is 24.7. The highest BCUT2D eigenvalue weighted by Crippen LogP contribution is 2.30. The second-order valence-electron chi connectivity index (χ2n) is 8.11. The first-order chi connectivity index (χ1) is 16.7. The van der Waals surface area contributed by atoms with E-state index in [0.717, 1.165) is 22.5 Å². The van der Waals surface area contributed by atoms with Crippen LogP contribution in [0, 0.1) is 0 Å². The second-order valence-corrected chi connectivity index (χ2v) is 8.11. The number of fused-ring (bicyclic) bond motifs is 1. The van der Waals surface area contributed by atoms with Gasteiger partial charge >= 0.3 is 6.18 Å². The molecule has 5 rings (SSSR count). The van der Waals surface area contributed by atoms with Gasteiger partial charge in [-0.2, -0.15) is 13.2 Å². The van der Waals surface area contributed by atoms with Gasteiger partial charge in [-0.3, -0.25) is 23.7 Å². The van der Waals surface area contributed by atoms with E-state index >= 15 is 0 Å². The number of hydrogen-bond donors (Lipinski definition) is 1. The molecule has 0 spiro atoms. The van der Waals surface area contributed by atoms with Gasteiger partial charge in [-0.05, 0) is 36.1 Å². The predicted molar refractivity (Wildman–Crippen MR) is 118 cm³/mol. The Morgan fingerprint density at radius 3 is 2.29 bits per heavy atom. The van der Waals surface area contributed by atoms with E-state index in [4.69, 9.17) is 0 Å². The molecule has 0 unspecified atom stereocenters. The van der Waals surface area contributed by atoms with E-state index in [1.807, 2.05) is 12.1 Å². The van der Waals surface area contributed by atoms with Crippen molar-refractivity contribution in [1.82, 2.24) is 24.8 Å². The van der Waals surface area contributed by atoms with Crippen molar-refractivity contribution in [1.29, 1.82) is 0 Å². The van der Waals surface area contributed by atoms with E-state index in [2.05, 4.69) is 15.5 Å². The van der Waals surface area contributed by atoms with E-state index in [-0.39, 0.29) is 37.4 Å². The highest BCUT2D eigenvalue weighted by atomic mass is 19.4. The van der Waals surface area contributed by atoms with Gasteiger partial charge in [0.25, 0.3) is 11.8 Å². The molecule has 0 saturated heterocycles. The summed E-state index contributed by atoms with van der Waals surface area (Å²) in [5.74, 6) is -1.07. The number of aromatic nitrogens is 3. The first kappa shape index (κ1) is 22.5. The molecule has 0 atom stereocenters. The number of pyridine rings is 1. The maximum absolute atomic E-state index is 13.0. The SMILES string of the molecule is O=C(CCCN1C(=O)c2cccc3cccc(c23)C1=O)NCc1nnc2ccc(C(F)(F)F)cn12. The molecule has 35 heavy (non-hydrogen) atoms. The minimum absolute atomic E-state index is 0.00739. The van der Waals surface area contributed by atoms with Crippen LogP contribution in [-0.2, 0) is 17.5 Å². The average Bonchev–Trinajstić information content (AvgIpc) is 3.25. The molecule has 1 N–H and O–H groups in total. The molecule has 3 heterocycles. The first-order valence-corrected chi connectivity index (χ1v) is 10.8. The van der Waals surface area contributed by atoms with Crippen LogP contribution in [0.5, 0.6) is 0 Å². The van der Waals surface area contributed by atoms with Gasteiger partial charge in [-0.1, -0.05) is 24.3 Å². The number of carbonyl (C=O) groups is 3. The van der Waals surface area contributed by atoms with Crippen LogP contribution < -0.4 is 5.32 Å². The van der Waals surface area contributed by atoms with Gasteiger partial charge in [0.1, 0.15) is 0 Å². The van der Waals surface area contributed by atoms with Crippen LogP contribution in [0.15, 0.2) is 54.7 Å². The molecule has 0 fully saturated rings. The summed E-state index contributed by atoms with van der Waals surface area (Å²) in [7, 11) is 0. The van der Waals surface area contributed by atoms with Crippen molar-refractivity contribution < 1.29 is 27.6 Å². The van der Waals surface area contributed by atoms with Crippen molar-refractivity contribution in [2.24, 2.45) is 0 Å². The summed E-state index contributed by atoms with van der Waals surface area (Å²) in [5, 5.41) is 11.7. The fourth-order valence-electron chi connectivity index (χ4n) is 4.17. The normalized spacial score (nSPS) is 13.6. The van der Waals surface area contributed by atoms with Crippen molar-refractivity contribution in [3.63, 3.8) is 0 Å². The number of benzene rings is 2. The van der Waals surface area contributed by atoms with Crippen molar-refractivity contribution in [3.8, 4) is 0 Å². The number of alkyl halides is 3. The van der Waals surface area contributed by atoms with Gasteiger partial charge in [-0.15, -0.1) is 10.2 Å². The van der Waals surface area contributed by atoms with E-state index in [1.165, 1.54) is 10.5 Å².